The number of alkyl halides is 1. The van der Waals surface area contributed by atoms with Gasteiger partial charge in [-0.2, -0.15) is 0 Å². The lowest BCUT2D eigenvalue weighted by Crippen LogP contribution is -2.38. The molecule has 0 radical (unpaired) electrons. The molecule has 76 valence electrons. The van der Waals surface area contributed by atoms with Crippen molar-refractivity contribution < 1.29 is 0 Å². The molecule has 2 aliphatic rings. The Kier molecular flexibility index (Phi) is 3.31. The van der Waals surface area contributed by atoms with E-state index in [1.807, 2.05) is 0 Å². The zero-order valence-electron chi connectivity index (χ0n) is 8.51. The highest BCUT2D eigenvalue weighted by molar-refractivity contribution is 9.09. The van der Waals surface area contributed by atoms with Crippen molar-refractivity contribution in [2.75, 3.05) is 18.4 Å². The van der Waals surface area contributed by atoms with Crippen molar-refractivity contribution in [2.24, 2.45) is 11.8 Å². The Balaban J connectivity index is 1.83. The second-order valence-electron chi connectivity index (χ2n) is 4.78. The van der Waals surface area contributed by atoms with Crippen molar-refractivity contribution in [3.8, 4) is 0 Å². The first-order valence-corrected chi connectivity index (χ1v) is 6.73. The van der Waals surface area contributed by atoms with Crippen LogP contribution in [0.4, 0.5) is 0 Å². The molecule has 2 heteroatoms. The molecular formula is C11H20BrN. The minimum Gasteiger partial charge on any atom is -0.299 e. The number of nitrogens with zero attached hydrogens (tertiary/aromatic N) is 1. The summed E-state index contributed by atoms with van der Waals surface area (Å²) in [4.78, 5) is 2.71. The Morgan fingerprint density at radius 2 is 2.08 bits per heavy atom. The van der Waals surface area contributed by atoms with Crippen LogP contribution in [0.15, 0.2) is 0 Å². The fourth-order valence-corrected chi connectivity index (χ4v) is 3.62. The Hall–Kier alpha value is 0.440. The van der Waals surface area contributed by atoms with Gasteiger partial charge in [0, 0.05) is 17.9 Å². The molecule has 1 aliphatic carbocycles. The third-order valence-electron chi connectivity index (χ3n) is 3.87. The zero-order valence-corrected chi connectivity index (χ0v) is 10.1. The maximum atomic E-state index is 3.65. The van der Waals surface area contributed by atoms with Crippen molar-refractivity contribution in [2.45, 2.75) is 38.6 Å². The molecule has 1 aliphatic heterocycles. The highest BCUT2D eigenvalue weighted by Gasteiger charge is 2.32. The third-order valence-corrected chi connectivity index (χ3v) is 4.54. The summed E-state index contributed by atoms with van der Waals surface area (Å²) in [6.45, 7) is 5.11. The van der Waals surface area contributed by atoms with E-state index >= 15 is 0 Å². The summed E-state index contributed by atoms with van der Waals surface area (Å²) >= 11 is 3.65. The van der Waals surface area contributed by atoms with E-state index in [0.717, 1.165) is 17.9 Å². The molecule has 2 fully saturated rings. The molecule has 1 nitrogen and oxygen atoms in total. The van der Waals surface area contributed by atoms with Crippen LogP contribution in [0.3, 0.4) is 0 Å². The van der Waals surface area contributed by atoms with Crippen LogP contribution < -0.4 is 0 Å². The number of hydrogen-bond acceptors (Lipinski definition) is 1. The summed E-state index contributed by atoms with van der Waals surface area (Å²) in [5, 5.41) is 1.17. The van der Waals surface area contributed by atoms with E-state index in [-0.39, 0.29) is 0 Å². The van der Waals surface area contributed by atoms with Gasteiger partial charge in [0.25, 0.3) is 0 Å². The van der Waals surface area contributed by atoms with Crippen LogP contribution in [-0.4, -0.2) is 29.4 Å². The molecule has 0 bridgehead atoms. The predicted molar refractivity (Wildman–Crippen MR) is 60.3 cm³/mol. The summed E-state index contributed by atoms with van der Waals surface area (Å²) in [5.74, 6) is 1.94. The molecule has 2 atom stereocenters. The molecule has 0 aromatic heterocycles. The van der Waals surface area contributed by atoms with Crippen molar-refractivity contribution >= 4 is 15.9 Å². The van der Waals surface area contributed by atoms with Crippen LogP contribution in [0, 0.1) is 11.8 Å². The maximum absolute atomic E-state index is 3.65. The van der Waals surface area contributed by atoms with Crippen molar-refractivity contribution in [1.82, 2.24) is 4.90 Å². The second kappa shape index (κ2) is 4.31. The predicted octanol–water partition coefficient (Wildman–Crippen LogP) is 2.89. The standard InChI is InChI=1S/C11H20BrN/c1-9-5-6-13(11(9)7-12)8-10-3-2-4-10/h9-11H,2-8H2,1H3. The normalized spacial score (nSPS) is 36.5. The van der Waals surface area contributed by atoms with Crippen molar-refractivity contribution in [3.63, 3.8) is 0 Å². The first kappa shape index (κ1) is 9.97. The minimum absolute atomic E-state index is 0.820. The second-order valence-corrected chi connectivity index (χ2v) is 5.43. The summed E-state index contributed by atoms with van der Waals surface area (Å²) < 4.78 is 0. The zero-order chi connectivity index (χ0) is 9.26. The highest BCUT2D eigenvalue weighted by atomic mass is 79.9. The molecule has 0 spiro atoms. The number of rotatable bonds is 3. The van der Waals surface area contributed by atoms with Crippen molar-refractivity contribution in [3.05, 3.63) is 0 Å². The first-order valence-electron chi connectivity index (χ1n) is 5.61. The maximum Gasteiger partial charge on any atom is 0.0218 e. The summed E-state index contributed by atoms with van der Waals surface area (Å²) in [6, 6.07) is 0.820. The third kappa shape index (κ3) is 2.10. The lowest BCUT2D eigenvalue weighted by Gasteiger charge is -2.33. The van der Waals surface area contributed by atoms with Gasteiger partial charge < -0.3 is 0 Å². The van der Waals surface area contributed by atoms with Crippen LogP contribution >= 0.6 is 15.9 Å². The summed E-state index contributed by atoms with van der Waals surface area (Å²) in [5.41, 5.74) is 0. The van der Waals surface area contributed by atoms with Gasteiger partial charge in [-0.1, -0.05) is 29.3 Å². The van der Waals surface area contributed by atoms with E-state index in [0.29, 0.717) is 0 Å². The topological polar surface area (TPSA) is 3.24 Å². The molecule has 1 saturated heterocycles. The monoisotopic (exact) mass is 245 g/mol. The lowest BCUT2D eigenvalue weighted by molar-refractivity contribution is 0.166. The van der Waals surface area contributed by atoms with Crippen molar-refractivity contribution in [1.29, 1.82) is 0 Å². The molecule has 0 aromatic carbocycles. The molecule has 2 rings (SSSR count). The van der Waals surface area contributed by atoms with Crippen LogP contribution in [0.5, 0.6) is 0 Å². The lowest BCUT2D eigenvalue weighted by atomic mass is 9.85. The minimum atomic E-state index is 0.820. The van der Waals surface area contributed by atoms with Gasteiger partial charge in [-0.3, -0.25) is 4.90 Å². The smallest absolute Gasteiger partial charge is 0.0218 e. The number of halogens is 1. The van der Waals surface area contributed by atoms with Gasteiger partial charge >= 0.3 is 0 Å². The molecule has 13 heavy (non-hydrogen) atoms. The molecule has 0 aromatic rings. The average Bonchev–Trinajstić information content (AvgIpc) is 2.39. The first-order chi connectivity index (χ1) is 6.31. The van der Waals surface area contributed by atoms with Gasteiger partial charge in [0.2, 0.25) is 0 Å². The molecule has 0 amide bonds. The van der Waals surface area contributed by atoms with Gasteiger partial charge in [-0.05, 0) is 37.6 Å². The van der Waals surface area contributed by atoms with Crippen LogP contribution in [0.2, 0.25) is 0 Å². The fraction of sp³-hybridized carbons (Fsp3) is 1.00. The Labute approximate surface area is 90.0 Å². The van der Waals surface area contributed by atoms with E-state index in [2.05, 4.69) is 27.8 Å². The molecule has 1 saturated carbocycles. The number of hydrogen-bond donors (Lipinski definition) is 0. The number of likely N-dealkylation sites (tertiary alicyclic amines) is 1. The molecule has 2 unspecified atom stereocenters. The van der Waals surface area contributed by atoms with Gasteiger partial charge in [0.15, 0.2) is 0 Å². The SMILES string of the molecule is CC1CCN(CC2CCC2)C1CBr. The van der Waals surface area contributed by atoms with Gasteiger partial charge in [0.05, 0.1) is 0 Å². The van der Waals surface area contributed by atoms with Gasteiger partial charge in [-0.15, -0.1) is 0 Å². The largest absolute Gasteiger partial charge is 0.299 e. The average molecular weight is 246 g/mol. The fourth-order valence-electron chi connectivity index (χ4n) is 2.57. The van der Waals surface area contributed by atoms with E-state index in [1.54, 1.807) is 0 Å². The quantitative estimate of drug-likeness (QED) is 0.692. The van der Waals surface area contributed by atoms with Crippen LogP contribution in [-0.2, 0) is 0 Å². The van der Waals surface area contributed by atoms with Gasteiger partial charge in [-0.25, -0.2) is 0 Å². The Morgan fingerprint density at radius 1 is 1.31 bits per heavy atom. The van der Waals surface area contributed by atoms with Crippen LogP contribution in [0.1, 0.15) is 32.6 Å². The van der Waals surface area contributed by atoms with E-state index in [4.69, 9.17) is 0 Å². The van der Waals surface area contributed by atoms with Crippen LogP contribution in [0.25, 0.3) is 0 Å². The molecule has 0 N–H and O–H groups in total. The van der Waals surface area contributed by atoms with Gasteiger partial charge in [0.1, 0.15) is 0 Å². The molecular weight excluding hydrogens is 226 g/mol. The summed E-state index contributed by atoms with van der Waals surface area (Å²) in [6.07, 6.45) is 5.86. The Bertz CT molecular complexity index is 167. The van der Waals surface area contributed by atoms with E-state index < -0.39 is 0 Å². The van der Waals surface area contributed by atoms with E-state index in [9.17, 15) is 0 Å². The van der Waals surface area contributed by atoms with E-state index in [1.165, 1.54) is 44.1 Å². The summed E-state index contributed by atoms with van der Waals surface area (Å²) in [7, 11) is 0. The highest BCUT2D eigenvalue weighted by Crippen LogP contribution is 2.32. The Morgan fingerprint density at radius 3 is 2.62 bits per heavy atom. The molecule has 1 heterocycles.